The molecule has 7 heteroatoms. The van der Waals surface area contributed by atoms with Crippen molar-refractivity contribution in [1.82, 2.24) is 14.6 Å². The zero-order valence-electron chi connectivity index (χ0n) is 17.9. The minimum Gasteiger partial charge on any atom is -0.502 e. The highest BCUT2D eigenvalue weighted by atomic mass is 16.3. The predicted molar refractivity (Wildman–Crippen MR) is 121 cm³/mol. The summed E-state index contributed by atoms with van der Waals surface area (Å²) in [5, 5.41) is 12.6. The van der Waals surface area contributed by atoms with Crippen LogP contribution in [-0.2, 0) is 6.42 Å². The molecule has 1 N–H and O–H groups in total. The minimum atomic E-state index is -0.553. The van der Waals surface area contributed by atoms with Gasteiger partial charge in [-0.2, -0.15) is 0 Å². The Morgan fingerprint density at radius 2 is 1.75 bits per heavy atom. The summed E-state index contributed by atoms with van der Waals surface area (Å²) in [5.41, 5.74) is 2.67. The highest BCUT2D eigenvalue weighted by Gasteiger charge is 2.37. The van der Waals surface area contributed by atoms with Crippen molar-refractivity contribution in [1.29, 1.82) is 0 Å². The predicted octanol–water partition coefficient (Wildman–Crippen LogP) is 3.21. The molecule has 4 heterocycles. The SMILES string of the molecule is O=C1c2c(O)c(=O)ccn2N2CN1CCCCCCc1ccccc1C2c1ccccn1. The van der Waals surface area contributed by atoms with Crippen LogP contribution in [0.15, 0.2) is 65.7 Å². The lowest BCUT2D eigenvalue weighted by molar-refractivity contribution is 0.0675. The summed E-state index contributed by atoms with van der Waals surface area (Å²) in [4.78, 5) is 31.9. The molecule has 0 spiro atoms. The lowest BCUT2D eigenvalue weighted by Gasteiger charge is -2.44. The van der Waals surface area contributed by atoms with Crippen LogP contribution in [-0.4, -0.2) is 38.8 Å². The molecule has 2 aliphatic rings. The van der Waals surface area contributed by atoms with Gasteiger partial charge in [-0.3, -0.25) is 24.3 Å². The van der Waals surface area contributed by atoms with Crippen molar-refractivity contribution in [2.75, 3.05) is 18.2 Å². The molecular weight excluding hydrogens is 404 g/mol. The number of hydrogen-bond donors (Lipinski definition) is 1. The molecule has 1 aromatic carbocycles. The standard InChI is InChI=1S/C25H26N4O3/c30-21-13-16-28-23(24(21)31)25(32)27-15-8-2-1-3-9-18-10-4-5-11-19(18)22(29(28)17-27)20-12-6-7-14-26-20/h4-7,10-14,16,22,31H,1-3,8-9,15,17H2. The first-order valence-electron chi connectivity index (χ1n) is 11.1. The molecule has 7 nitrogen and oxygen atoms in total. The average molecular weight is 431 g/mol. The first kappa shape index (κ1) is 20.3. The van der Waals surface area contributed by atoms with E-state index in [9.17, 15) is 14.7 Å². The second-order valence-corrected chi connectivity index (χ2v) is 8.39. The third-order valence-corrected chi connectivity index (χ3v) is 6.38. The molecular formula is C25H26N4O3. The Kier molecular flexibility index (Phi) is 5.39. The van der Waals surface area contributed by atoms with Crippen molar-refractivity contribution >= 4 is 5.91 Å². The van der Waals surface area contributed by atoms with Crippen molar-refractivity contribution in [2.45, 2.75) is 38.1 Å². The normalized spacial score (nSPS) is 18.9. The molecule has 0 fully saturated rings. The van der Waals surface area contributed by atoms with Crippen molar-refractivity contribution in [3.05, 3.63) is 93.7 Å². The second-order valence-electron chi connectivity index (χ2n) is 8.39. The fourth-order valence-corrected chi connectivity index (χ4v) is 4.78. The van der Waals surface area contributed by atoms with Crippen LogP contribution in [0.3, 0.4) is 0 Å². The van der Waals surface area contributed by atoms with Gasteiger partial charge in [0.05, 0.1) is 5.69 Å². The monoisotopic (exact) mass is 430 g/mol. The Morgan fingerprint density at radius 3 is 2.59 bits per heavy atom. The minimum absolute atomic E-state index is 0.0132. The number of nitrogens with zero attached hydrogens (tertiary/aromatic N) is 4. The van der Waals surface area contributed by atoms with Gasteiger partial charge in [-0.05, 0) is 42.5 Å². The maximum absolute atomic E-state index is 13.3. The van der Waals surface area contributed by atoms with E-state index in [2.05, 4.69) is 23.2 Å². The van der Waals surface area contributed by atoms with E-state index in [1.165, 1.54) is 11.6 Å². The number of aromatic hydroxyl groups is 1. The van der Waals surface area contributed by atoms with E-state index in [4.69, 9.17) is 0 Å². The van der Waals surface area contributed by atoms with Gasteiger partial charge in [-0.25, -0.2) is 0 Å². The van der Waals surface area contributed by atoms with Gasteiger partial charge in [-0.15, -0.1) is 0 Å². The molecule has 0 saturated heterocycles. The van der Waals surface area contributed by atoms with E-state index in [-0.39, 0.29) is 17.6 Å². The number of rotatable bonds is 1. The number of carbonyl (C=O) groups excluding carboxylic acids is 1. The van der Waals surface area contributed by atoms with E-state index in [1.54, 1.807) is 22.0 Å². The Balaban J connectivity index is 1.76. The molecule has 1 unspecified atom stereocenters. The number of aryl methyl sites for hydroxylation is 1. The third kappa shape index (κ3) is 3.53. The Morgan fingerprint density at radius 1 is 0.938 bits per heavy atom. The summed E-state index contributed by atoms with van der Waals surface area (Å²) in [5.74, 6) is -0.825. The molecule has 164 valence electrons. The summed E-state index contributed by atoms with van der Waals surface area (Å²) < 4.78 is 1.64. The number of amides is 1. The number of pyridine rings is 2. The second kappa shape index (κ2) is 8.49. The summed E-state index contributed by atoms with van der Waals surface area (Å²) in [6, 6.07) is 15.2. The van der Waals surface area contributed by atoms with Gasteiger partial charge in [0.1, 0.15) is 12.7 Å². The highest BCUT2D eigenvalue weighted by molar-refractivity contribution is 5.96. The number of aromatic nitrogens is 2. The van der Waals surface area contributed by atoms with Crippen LogP contribution in [0.25, 0.3) is 0 Å². The zero-order valence-corrected chi connectivity index (χ0v) is 17.9. The van der Waals surface area contributed by atoms with E-state index < -0.39 is 11.2 Å². The molecule has 32 heavy (non-hydrogen) atoms. The fourth-order valence-electron chi connectivity index (χ4n) is 4.78. The summed E-state index contributed by atoms with van der Waals surface area (Å²) in [6.45, 7) is 0.915. The van der Waals surface area contributed by atoms with Crippen LogP contribution in [0, 0.1) is 0 Å². The van der Waals surface area contributed by atoms with Crippen molar-refractivity contribution in [2.24, 2.45) is 0 Å². The number of fused-ring (bicyclic) bond motifs is 5. The Bertz CT molecular complexity index is 1190. The van der Waals surface area contributed by atoms with E-state index in [1.807, 2.05) is 29.3 Å². The first-order chi connectivity index (χ1) is 15.6. The van der Waals surface area contributed by atoms with Gasteiger partial charge in [0, 0.05) is 25.0 Å². The van der Waals surface area contributed by atoms with Crippen LogP contribution in [0.4, 0.5) is 0 Å². The summed E-state index contributed by atoms with van der Waals surface area (Å²) in [7, 11) is 0. The van der Waals surface area contributed by atoms with Gasteiger partial charge >= 0.3 is 0 Å². The van der Waals surface area contributed by atoms with Gasteiger partial charge in [0.25, 0.3) is 5.91 Å². The number of hydrogen-bond acceptors (Lipinski definition) is 5. The fraction of sp³-hybridized carbons (Fsp3) is 0.320. The molecule has 0 aliphatic carbocycles. The lowest BCUT2D eigenvalue weighted by Crippen LogP contribution is -2.55. The summed E-state index contributed by atoms with van der Waals surface area (Å²) in [6.07, 6.45) is 8.41. The zero-order chi connectivity index (χ0) is 22.1. The molecule has 0 saturated carbocycles. The number of carbonyl (C=O) groups is 1. The molecule has 2 bridgehead atoms. The highest BCUT2D eigenvalue weighted by Crippen LogP contribution is 2.34. The first-order valence-corrected chi connectivity index (χ1v) is 11.1. The molecule has 3 aromatic rings. The van der Waals surface area contributed by atoms with E-state index in [0.717, 1.165) is 43.4 Å². The number of benzene rings is 1. The Labute approximate surface area is 186 Å². The summed E-state index contributed by atoms with van der Waals surface area (Å²) >= 11 is 0. The van der Waals surface area contributed by atoms with Gasteiger partial charge in [0.15, 0.2) is 11.4 Å². The largest absolute Gasteiger partial charge is 0.502 e. The van der Waals surface area contributed by atoms with Crippen molar-refractivity contribution in [3.63, 3.8) is 0 Å². The van der Waals surface area contributed by atoms with Gasteiger partial charge in [0.2, 0.25) is 5.43 Å². The quantitative estimate of drug-likeness (QED) is 0.641. The van der Waals surface area contributed by atoms with Gasteiger partial charge < -0.3 is 10.0 Å². The Hall–Kier alpha value is -3.61. The van der Waals surface area contributed by atoms with Crippen molar-refractivity contribution in [3.8, 4) is 5.75 Å². The van der Waals surface area contributed by atoms with Crippen LogP contribution >= 0.6 is 0 Å². The lowest BCUT2D eigenvalue weighted by atomic mass is 9.93. The molecule has 0 radical (unpaired) electrons. The molecule has 5 rings (SSSR count). The van der Waals surface area contributed by atoms with E-state index in [0.29, 0.717) is 13.2 Å². The average Bonchev–Trinajstić information content (AvgIpc) is 2.81. The smallest absolute Gasteiger partial charge is 0.277 e. The maximum atomic E-state index is 13.3. The molecule has 1 atom stereocenters. The van der Waals surface area contributed by atoms with E-state index >= 15 is 0 Å². The topological polar surface area (TPSA) is 78.7 Å². The van der Waals surface area contributed by atoms with Crippen LogP contribution in [0.2, 0.25) is 0 Å². The van der Waals surface area contributed by atoms with Crippen LogP contribution in [0.1, 0.15) is 59.0 Å². The van der Waals surface area contributed by atoms with Crippen LogP contribution in [0.5, 0.6) is 5.75 Å². The van der Waals surface area contributed by atoms with Gasteiger partial charge in [-0.1, -0.05) is 43.2 Å². The van der Waals surface area contributed by atoms with Crippen molar-refractivity contribution < 1.29 is 9.90 Å². The maximum Gasteiger partial charge on any atom is 0.277 e. The molecule has 2 aliphatic heterocycles. The molecule has 1 amide bonds. The third-order valence-electron chi connectivity index (χ3n) is 6.38. The molecule has 2 aromatic heterocycles. The van der Waals surface area contributed by atoms with Crippen LogP contribution < -0.4 is 10.4 Å².